The Bertz CT molecular complexity index is 903. The third-order valence-corrected chi connectivity index (χ3v) is 6.51. The van der Waals surface area contributed by atoms with E-state index in [1.807, 2.05) is 39.0 Å². The molecule has 0 fully saturated rings. The molecule has 29 heavy (non-hydrogen) atoms. The van der Waals surface area contributed by atoms with Crippen LogP contribution in [0.15, 0.2) is 18.2 Å². The lowest BCUT2D eigenvalue weighted by molar-refractivity contribution is -0.122. The van der Waals surface area contributed by atoms with Crippen molar-refractivity contribution in [1.29, 1.82) is 0 Å². The van der Waals surface area contributed by atoms with E-state index in [-0.39, 0.29) is 11.9 Å². The van der Waals surface area contributed by atoms with Gasteiger partial charge in [-0.25, -0.2) is 4.79 Å². The number of aryl methyl sites for hydroxylation is 3. The Morgan fingerprint density at radius 2 is 1.90 bits per heavy atom. The number of hydrogen-bond acceptors (Lipinski definition) is 5. The van der Waals surface area contributed by atoms with Crippen molar-refractivity contribution >= 4 is 28.2 Å². The number of thiophene rings is 1. The Morgan fingerprint density at radius 3 is 2.59 bits per heavy atom. The molecule has 3 rings (SSSR count). The predicted molar refractivity (Wildman–Crippen MR) is 116 cm³/mol. The number of hydrogen-bond donors (Lipinski definition) is 1. The van der Waals surface area contributed by atoms with Crippen LogP contribution in [0.4, 0.5) is 5.00 Å². The second kappa shape index (κ2) is 9.44. The van der Waals surface area contributed by atoms with Crippen molar-refractivity contribution in [3.63, 3.8) is 0 Å². The van der Waals surface area contributed by atoms with Gasteiger partial charge in [0.2, 0.25) is 0 Å². The molecule has 1 aliphatic carbocycles. The molecule has 0 bridgehead atoms. The van der Waals surface area contributed by atoms with Crippen molar-refractivity contribution in [2.75, 3.05) is 11.9 Å². The summed E-state index contributed by atoms with van der Waals surface area (Å²) in [6.07, 6.45) is 3.85. The maximum absolute atomic E-state index is 13.0. The van der Waals surface area contributed by atoms with Gasteiger partial charge in [-0.05, 0) is 81.7 Å². The lowest BCUT2D eigenvalue weighted by Gasteiger charge is -2.18. The van der Waals surface area contributed by atoms with Gasteiger partial charge in [-0.1, -0.05) is 13.0 Å². The van der Waals surface area contributed by atoms with Crippen molar-refractivity contribution < 1.29 is 19.1 Å². The molecule has 1 unspecified atom stereocenters. The highest BCUT2D eigenvalue weighted by Crippen LogP contribution is 2.38. The van der Waals surface area contributed by atoms with Gasteiger partial charge in [-0.2, -0.15) is 0 Å². The first-order valence-electron chi connectivity index (χ1n) is 10.3. The summed E-state index contributed by atoms with van der Waals surface area (Å²) in [6, 6.07) is 5.81. The molecule has 1 aromatic carbocycles. The van der Waals surface area contributed by atoms with E-state index < -0.39 is 6.10 Å². The minimum Gasteiger partial charge on any atom is -0.481 e. The van der Waals surface area contributed by atoms with Crippen LogP contribution in [0.1, 0.15) is 65.0 Å². The number of anilines is 1. The summed E-state index contributed by atoms with van der Waals surface area (Å²) in [7, 11) is 0. The highest BCUT2D eigenvalue weighted by Gasteiger charge is 2.29. The van der Waals surface area contributed by atoms with E-state index in [0.29, 0.717) is 29.3 Å². The molecule has 1 atom stereocenters. The van der Waals surface area contributed by atoms with Gasteiger partial charge in [0.05, 0.1) is 12.2 Å². The highest BCUT2D eigenvalue weighted by molar-refractivity contribution is 7.17. The number of carbonyl (C=O) groups is 2. The van der Waals surface area contributed by atoms with Gasteiger partial charge < -0.3 is 14.8 Å². The summed E-state index contributed by atoms with van der Waals surface area (Å²) in [5, 5.41) is 3.54. The number of amides is 1. The zero-order valence-electron chi connectivity index (χ0n) is 17.6. The zero-order chi connectivity index (χ0) is 21.0. The second-order valence-corrected chi connectivity index (χ2v) is 8.49. The Hall–Kier alpha value is -2.34. The third-order valence-electron chi connectivity index (χ3n) is 5.31. The second-order valence-electron chi connectivity index (χ2n) is 7.39. The van der Waals surface area contributed by atoms with Crippen LogP contribution in [-0.4, -0.2) is 24.6 Å². The monoisotopic (exact) mass is 415 g/mol. The Balaban J connectivity index is 1.81. The molecular formula is C23H29NO4S. The number of ether oxygens (including phenoxy) is 2. The summed E-state index contributed by atoms with van der Waals surface area (Å²) in [5.41, 5.74) is 3.87. The number of carbonyl (C=O) groups excluding carboxylic acids is 2. The summed E-state index contributed by atoms with van der Waals surface area (Å²) in [6.45, 7) is 8.07. The average molecular weight is 416 g/mol. The first-order valence-corrected chi connectivity index (χ1v) is 11.1. The number of rotatable bonds is 7. The van der Waals surface area contributed by atoms with Crippen LogP contribution < -0.4 is 10.1 Å². The van der Waals surface area contributed by atoms with E-state index in [4.69, 9.17) is 9.47 Å². The number of esters is 1. The summed E-state index contributed by atoms with van der Waals surface area (Å²) in [4.78, 5) is 26.7. The summed E-state index contributed by atoms with van der Waals surface area (Å²) in [5.74, 6) is 0.0754. The predicted octanol–water partition coefficient (Wildman–Crippen LogP) is 5.22. The van der Waals surface area contributed by atoms with Gasteiger partial charge in [0.1, 0.15) is 10.8 Å². The molecule has 1 heterocycles. The van der Waals surface area contributed by atoms with E-state index >= 15 is 0 Å². The molecule has 0 saturated carbocycles. The van der Waals surface area contributed by atoms with Crippen molar-refractivity contribution in [1.82, 2.24) is 0 Å². The third kappa shape index (κ3) is 4.81. The van der Waals surface area contributed by atoms with E-state index in [9.17, 15) is 9.59 Å². The van der Waals surface area contributed by atoms with Gasteiger partial charge >= 0.3 is 5.97 Å². The van der Waals surface area contributed by atoms with Crippen LogP contribution in [0.3, 0.4) is 0 Å². The first-order chi connectivity index (χ1) is 13.9. The minimum absolute atomic E-state index is 0.241. The van der Waals surface area contributed by atoms with E-state index in [1.165, 1.54) is 21.8 Å². The first kappa shape index (κ1) is 21.4. The highest BCUT2D eigenvalue weighted by atomic mass is 32.1. The van der Waals surface area contributed by atoms with Gasteiger partial charge in [0.15, 0.2) is 6.10 Å². The summed E-state index contributed by atoms with van der Waals surface area (Å²) < 4.78 is 11.2. The number of nitrogens with one attached hydrogen (secondary N) is 1. The van der Waals surface area contributed by atoms with Gasteiger partial charge in [0.25, 0.3) is 5.91 Å². The Morgan fingerprint density at radius 1 is 1.14 bits per heavy atom. The summed E-state index contributed by atoms with van der Waals surface area (Å²) >= 11 is 1.49. The zero-order valence-corrected chi connectivity index (χ0v) is 18.4. The van der Waals surface area contributed by atoms with Crippen LogP contribution in [-0.2, 0) is 22.4 Å². The molecule has 1 N–H and O–H groups in total. The lowest BCUT2D eigenvalue weighted by atomic mass is 9.95. The fourth-order valence-electron chi connectivity index (χ4n) is 3.54. The molecule has 6 heteroatoms. The van der Waals surface area contributed by atoms with Crippen molar-refractivity contribution in [3.05, 3.63) is 45.3 Å². The standard InChI is InChI=1S/C23H29NO4S/c1-5-18(28-16-12-11-14(3)15(4)13-16)21(25)24-22-20(23(26)27-6-2)17-9-7-8-10-19(17)29-22/h11-13,18H,5-10H2,1-4H3,(H,24,25). The van der Waals surface area contributed by atoms with Crippen LogP contribution in [0.25, 0.3) is 0 Å². The minimum atomic E-state index is -0.633. The quantitative estimate of drug-likeness (QED) is 0.630. The SMILES string of the molecule is CCOC(=O)c1c(NC(=O)C(CC)Oc2ccc(C)c(C)c2)sc2c1CCCC2. The van der Waals surface area contributed by atoms with Gasteiger partial charge in [-0.15, -0.1) is 11.3 Å². The maximum Gasteiger partial charge on any atom is 0.341 e. The maximum atomic E-state index is 13.0. The normalized spacial score (nSPS) is 14.1. The molecule has 5 nitrogen and oxygen atoms in total. The van der Waals surface area contributed by atoms with E-state index in [0.717, 1.165) is 36.8 Å². The topological polar surface area (TPSA) is 64.6 Å². The number of fused-ring (bicyclic) bond motifs is 1. The molecule has 0 radical (unpaired) electrons. The van der Waals surface area contributed by atoms with Gasteiger partial charge in [0, 0.05) is 4.88 Å². The lowest BCUT2D eigenvalue weighted by Crippen LogP contribution is -2.32. The molecule has 0 spiro atoms. The smallest absolute Gasteiger partial charge is 0.341 e. The molecule has 156 valence electrons. The molecule has 0 aliphatic heterocycles. The largest absolute Gasteiger partial charge is 0.481 e. The van der Waals surface area contributed by atoms with Gasteiger partial charge in [-0.3, -0.25) is 4.79 Å². The van der Waals surface area contributed by atoms with Crippen molar-refractivity contribution in [3.8, 4) is 5.75 Å². The van der Waals surface area contributed by atoms with Crippen molar-refractivity contribution in [2.45, 2.75) is 65.9 Å². The Labute approximate surface area is 176 Å². The van der Waals surface area contributed by atoms with E-state index in [2.05, 4.69) is 5.32 Å². The van der Waals surface area contributed by atoms with Crippen LogP contribution in [0, 0.1) is 13.8 Å². The van der Waals surface area contributed by atoms with E-state index in [1.54, 1.807) is 6.92 Å². The molecule has 1 aliphatic rings. The van der Waals surface area contributed by atoms with Crippen LogP contribution in [0.5, 0.6) is 5.75 Å². The average Bonchev–Trinajstić information content (AvgIpc) is 3.06. The molecular weight excluding hydrogens is 386 g/mol. The molecule has 1 amide bonds. The Kier molecular flexibility index (Phi) is 6.96. The molecule has 2 aromatic rings. The number of benzene rings is 1. The van der Waals surface area contributed by atoms with Crippen LogP contribution >= 0.6 is 11.3 Å². The van der Waals surface area contributed by atoms with Crippen LogP contribution in [0.2, 0.25) is 0 Å². The molecule has 1 aromatic heterocycles. The fourth-order valence-corrected chi connectivity index (χ4v) is 4.82. The van der Waals surface area contributed by atoms with Crippen molar-refractivity contribution in [2.24, 2.45) is 0 Å². The fraction of sp³-hybridized carbons (Fsp3) is 0.478. The molecule has 0 saturated heterocycles.